The second-order valence-corrected chi connectivity index (χ2v) is 5.55. The summed E-state index contributed by atoms with van der Waals surface area (Å²) in [5.74, 6) is 0.542. The number of amides is 1. The third-order valence-corrected chi connectivity index (χ3v) is 2.49. The number of aromatic nitrogens is 1. The first-order valence-electron chi connectivity index (χ1n) is 6.61. The molecule has 21 heavy (non-hydrogen) atoms. The number of nitrogens with one attached hydrogen (secondary N) is 3. The molecule has 0 aromatic carbocycles. The number of hydrogen-bond donors (Lipinski definition) is 3. The molecule has 8 nitrogen and oxygen atoms in total. The molecule has 1 aromatic heterocycles. The van der Waals surface area contributed by atoms with E-state index in [2.05, 4.69) is 20.9 Å². The van der Waals surface area contributed by atoms with Gasteiger partial charge in [0, 0.05) is 31.6 Å². The van der Waals surface area contributed by atoms with Gasteiger partial charge in [0.25, 0.3) is 0 Å². The van der Waals surface area contributed by atoms with Crippen molar-refractivity contribution >= 4 is 23.2 Å². The maximum absolute atomic E-state index is 11.7. The molecule has 1 amide bonds. The number of hydrogen-bond acceptors (Lipinski definition) is 6. The summed E-state index contributed by atoms with van der Waals surface area (Å²) in [7, 11) is 1.68. The van der Waals surface area contributed by atoms with E-state index < -0.39 is 4.92 Å². The molecule has 0 radical (unpaired) electrons. The second-order valence-electron chi connectivity index (χ2n) is 5.55. The number of anilines is 2. The first-order chi connectivity index (χ1) is 9.73. The van der Waals surface area contributed by atoms with Crippen LogP contribution in [0.5, 0.6) is 0 Å². The summed E-state index contributed by atoms with van der Waals surface area (Å²) in [6.45, 7) is 5.94. The Bertz CT molecular complexity index is 525. The van der Waals surface area contributed by atoms with Crippen molar-refractivity contribution in [2.24, 2.45) is 0 Å². The van der Waals surface area contributed by atoms with Gasteiger partial charge in [0.2, 0.25) is 11.7 Å². The van der Waals surface area contributed by atoms with E-state index in [1.165, 1.54) is 12.1 Å². The number of carbonyl (C=O) groups excluding carboxylic acids is 1. The Morgan fingerprint density at radius 3 is 2.57 bits per heavy atom. The lowest BCUT2D eigenvalue weighted by Gasteiger charge is -2.20. The maximum Gasteiger partial charge on any atom is 0.311 e. The summed E-state index contributed by atoms with van der Waals surface area (Å²) in [4.78, 5) is 26.2. The van der Waals surface area contributed by atoms with Crippen LogP contribution in [0.1, 0.15) is 27.2 Å². The van der Waals surface area contributed by atoms with Crippen LogP contribution in [-0.4, -0.2) is 34.9 Å². The predicted molar refractivity (Wildman–Crippen MR) is 81.4 cm³/mol. The normalized spacial score (nSPS) is 10.9. The SMILES string of the molecule is CNc1ccc([N+](=O)[O-])c(NCCC(=O)NC(C)(C)C)n1. The Balaban J connectivity index is 2.66. The van der Waals surface area contributed by atoms with Gasteiger partial charge in [-0.25, -0.2) is 4.98 Å². The zero-order chi connectivity index (χ0) is 16.0. The molecule has 0 spiro atoms. The minimum atomic E-state index is -0.510. The van der Waals surface area contributed by atoms with Crippen molar-refractivity contribution in [3.63, 3.8) is 0 Å². The first kappa shape index (κ1) is 16.7. The molecule has 0 fully saturated rings. The maximum atomic E-state index is 11.7. The van der Waals surface area contributed by atoms with Crippen LogP contribution in [0.25, 0.3) is 0 Å². The Kier molecular flexibility index (Phi) is 5.45. The molecule has 3 N–H and O–H groups in total. The quantitative estimate of drug-likeness (QED) is 0.545. The van der Waals surface area contributed by atoms with E-state index in [0.717, 1.165) is 0 Å². The van der Waals surface area contributed by atoms with Crippen LogP contribution in [0.4, 0.5) is 17.3 Å². The highest BCUT2D eigenvalue weighted by molar-refractivity contribution is 5.77. The van der Waals surface area contributed by atoms with Gasteiger partial charge in [0.05, 0.1) is 4.92 Å². The molecule has 8 heteroatoms. The molecular formula is C13H21N5O3. The molecule has 1 aromatic rings. The molecule has 116 valence electrons. The minimum absolute atomic E-state index is 0.120. The van der Waals surface area contributed by atoms with Gasteiger partial charge >= 0.3 is 5.69 Å². The van der Waals surface area contributed by atoms with Crippen molar-refractivity contribution in [3.05, 3.63) is 22.2 Å². The largest absolute Gasteiger partial charge is 0.373 e. The van der Waals surface area contributed by atoms with E-state index >= 15 is 0 Å². The second kappa shape index (κ2) is 6.87. The lowest BCUT2D eigenvalue weighted by atomic mass is 10.1. The smallest absolute Gasteiger partial charge is 0.311 e. The average Bonchev–Trinajstić information content (AvgIpc) is 2.36. The van der Waals surface area contributed by atoms with E-state index in [1.807, 2.05) is 20.8 Å². The molecule has 1 rings (SSSR count). The molecule has 0 bridgehead atoms. The molecule has 0 atom stereocenters. The molecule has 0 saturated carbocycles. The average molecular weight is 295 g/mol. The zero-order valence-corrected chi connectivity index (χ0v) is 12.7. The van der Waals surface area contributed by atoms with Crippen LogP contribution >= 0.6 is 0 Å². The van der Waals surface area contributed by atoms with E-state index in [9.17, 15) is 14.9 Å². The fourth-order valence-corrected chi connectivity index (χ4v) is 1.64. The summed E-state index contributed by atoms with van der Waals surface area (Å²) in [6, 6.07) is 2.89. The van der Waals surface area contributed by atoms with Crippen LogP contribution in [-0.2, 0) is 4.79 Å². The fraction of sp³-hybridized carbons (Fsp3) is 0.538. The van der Waals surface area contributed by atoms with Gasteiger partial charge in [-0.2, -0.15) is 0 Å². The van der Waals surface area contributed by atoms with Gasteiger partial charge in [0.1, 0.15) is 5.82 Å². The lowest BCUT2D eigenvalue weighted by Crippen LogP contribution is -2.41. The first-order valence-corrected chi connectivity index (χ1v) is 6.61. The Hall–Kier alpha value is -2.38. The molecule has 0 aliphatic heterocycles. The topological polar surface area (TPSA) is 109 Å². The van der Waals surface area contributed by atoms with Crippen LogP contribution in [0, 0.1) is 10.1 Å². The summed E-state index contributed by atoms with van der Waals surface area (Å²) in [6.07, 6.45) is 0.208. The Morgan fingerprint density at radius 2 is 2.05 bits per heavy atom. The number of carbonyl (C=O) groups is 1. The van der Waals surface area contributed by atoms with Gasteiger partial charge < -0.3 is 16.0 Å². The van der Waals surface area contributed by atoms with E-state index in [4.69, 9.17) is 0 Å². The van der Waals surface area contributed by atoms with Crippen LogP contribution in [0.3, 0.4) is 0 Å². The monoisotopic (exact) mass is 295 g/mol. The van der Waals surface area contributed by atoms with Gasteiger partial charge in [0.15, 0.2) is 0 Å². The number of pyridine rings is 1. The number of nitrogens with zero attached hydrogens (tertiary/aromatic N) is 2. The Morgan fingerprint density at radius 1 is 1.38 bits per heavy atom. The van der Waals surface area contributed by atoms with Gasteiger partial charge in [-0.1, -0.05) is 0 Å². The van der Waals surface area contributed by atoms with Crippen molar-refractivity contribution in [3.8, 4) is 0 Å². The summed E-state index contributed by atoms with van der Waals surface area (Å²) in [5.41, 5.74) is -0.418. The number of rotatable bonds is 6. The summed E-state index contributed by atoms with van der Waals surface area (Å²) in [5, 5.41) is 19.4. The van der Waals surface area contributed by atoms with Crippen molar-refractivity contribution in [1.29, 1.82) is 0 Å². The predicted octanol–water partition coefficient (Wildman–Crippen LogP) is 1.75. The zero-order valence-electron chi connectivity index (χ0n) is 12.7. The summed E-state index contributed by atoms with van der Waals surface area (Å²) < 4.78 is 0. The molecular weight excluding hydrogens is 274 g/mol. The highest BCUT2D eigenvalue weighted by Crippen LogP contribution is 2.23. The van der Waals surface area contributed by atoms with Crippen LogP contribution in [0.2, 0.25) is 0 Å². The third kappa shape index (κ3) is 5.64. The van der Waals surface area contributed by atoms with Gasteiger partial charge in [-0.15, -0.1) is 0 Å². The Labute approximate surface area is 123 Å². The van der Waals surface area contributed by atoms with Crippen LogP contribution in [0.15, 0.2) is 12.1 Å². The van der Waals surface area contributed by atoms with Crippen molar-refractivity contribution < 1.29 is 9.72 Å². The molecule has 0 aliphatic rings. The number of nitro groups is 1. The van der Waals surface area contributed by atoms with Crippen LogP contribution < -0.4 is 16.0 Å². The lowest BCUT2D eigenvalue weighted by molar-refractivity contribution is -0.384. The van der Waals surface area contributed by atoms with Crippen molar-refractivity contribution in [1.82, 2.24) is 10.3 Å². The van der Waals surface area contributed by atoms with E-state index in [0.29, 0.717) is 5.82 Å². The fourth-order valence-electron chi connectivity index (χ4n) is 1.64. The molecule has 0 saturated heterocycles. The highest BCUT2D eigenvalue weighted by Gasteiger charge is 2.17. The molecule has 0 unspecified atom stereocenters. The van der Waals surface area contributed by atoms with Crippen molar-refractivity contribution in [2.45, 2.75) is 32.7 Å². The van der Waals surface area contributed by atoms with E-state index in [1.54, 1.807) is 7.05 Å². The summed E-state index contributed by atoms with van der Waals surface area (Å²) >= 11 is 0. The highest BCUT2D eigenvalue weighted by atomic mass is 16.6. The molecule has 0 aliphatic carbocycles. The standard InChI is InChI=1S/C13H21N5O3/c1-13(2,3)17-11(19)7-8-15-12-9(18(20)21)5-6-10(14-4)16-12/h5-6H,7-8H2,1-4H3,(H,17,19)(H2,14,15,16). The third-order valence-electron chi connectivity index (χ3n) is 2.49. The minimum Gasteiger partial charge on any atom is -0.373 e. The van der Waals surface area contributed by atoms with E-state index in [-0.39, 0.29) is 35.9 Å². The van der Waals surface area contributed by atoms with Gasteiger partial charge in [-0.05, 0) is 26.8 Å². The van der Waals surface area contributed by atoms with Crippen molar-refractivity contribution in [2.75, 3.05) is 24.2 Å². The van der Waals surface area contributed by atoms with Gasteiger partial charge in [-0.3, -0.25) is 14.9 Å². The molecule has 1 heterocycles.